The van der Waals surface area contributed by atoms with Gasteiger partial charge in [-0.2, -0.15) is 0 Å². The zero-order valence-electron chi connectivity index (χ0n) is 16.9. The summed E-state index contributed by atoms with van der Waals surface area (Å²) in [5.74, 6) is 1.26. The van der Waals surface area contributed by atoms with Crippen molar-refractivity contribution in [3.05, 3.63) is 120 Å². The quantitative estimate of drug-likeness (QED) is 0.417. The zero-order valence-corrected chi connectivity index (χ0v) is 16.9. The monoisotopic (exact) mass is 410 g/mol. The molecule has 0 aliphatic heterocycles. The van der Waals surface area contributed by atoms with Crippen LogP contribution in [0.25, 0.3) is 0 Å². The second-order valence-electron chi connectivity index (χ2n) is 6.93. The fourth-order valence-corrected chi connectivity index (χ4v) is 2.93. The normalized spacial score (nSPS) is 10.3. The van der Waals surface area contributed by atoms with Gasteiger partial charge in [0.25, 0.3) is 5.91 Å². The minimum Gasteiger partial charge on any atom is -0.489 e. The van der Waals surface area contributed by atoms with Crippen LogP contribution in [0.1, 0.15) is 21.5 Å². The van der Waals surface area contributed by atoms with Crippen molar-refractivity contribution >= 4 is 11.6 Å². The number of ether oxygens (including phenoxy) is 2. The molecule has 0 fully saturated rings. The molecular formula is C26H22N2O3. The number of anilines is 1. The first kappa shape index (κ1) is 20.2. The second-order valence-corrected chi connectivity index (χ2v) is 6.93. The van der Waals surface area contributed by atoms with Crippen molar-refractivity contribution in [1.82, 2.24) is 4.98 Å². The summed E-state index contributed by atoms with van der Waals surface area (Å²) in [4.78, 5) is 16.6. The molecule has 5 nitrogen and oxygen atoms in total. The van der Waals surface area contributed by atoms with E-state index in [1.807, 2.05) is 66.7 Å². The summed E-state index contributed by atoms with van der Waals surface area (Å²) >= 11 is 0. The summed E-state index contributed by atoms with van der Waals surface area (Å²) in [7, 11) is 0. The van der Waals surface area contributed by atoms with Gasteiger partial charge in [-0.25, -0.2) is 0 Å². The van der Waals surface area contributed by atoms with Crippen LogP contribution in [0.5, 0.6) is 11.5 Å². The summed E-state index contributed by atoms with van der Waals surface area (Å²) in [6.45, 7) is 0.930. The highest BCUT2D eigenvalue weighted by Gasteiger charge is 2.07. The standard InChI is InChI=1S/C26H22N2O3/c29-26(22-8-12-24(13-9-22)31-19-21-7-4-16-27-17-21)28-23-10-14-25(15-11-23)30-18-20-5-2-1-3-6-20/h1-17H,18-19H2,(H,28,29). The molecule has 1 amide bonds. The molecule has 31 heavy (non-hydrogen) atoms. The number of carbonyl (C=O) groups excluding carboxylic acids is 1. The molecule has 1 N–H and O–H groups in total. The number of nitrogens with zero attached hydrogens (tertiary/aromatic N) is 1. The predicted octanol–water partition coefficient (Wildman–Crippen LogP) is 5.49. The molecule has 0 atom stereocenters. The highest BCUT2D eigenvalue weighted by Crippen LogP contribution is 2.19. The third kappa shape index (κ3) is 5.93. The van der Waals surface area contributed by atoms with E-state index in [1.54, 1.807) is 36.7 Å². The maximum Gasteiger partial charge on any atom is 0.255 e. The van der Waals surface area contributed by atoms with Crippen LogP contribution in [0.2, 0.25) is 0 Å². The van der Waals surface area contributed by atoms with Gasteiger partial charge in [-0.1, -0.05) is 36.4 Å². The third-order valence-electron chi connectivity index (χ3n) is 4.61. The molecule has 5 heteroatoms. The molecule has 0 bridgehead atoms. The number of pyridine rings is 1. The van der Waals surface area contributed by atoms with E-state index in [-0.39, 0.29) is 5.91 Å². The highest BCUT2D eigenvalue weighted by atomic mass is 16.5. The number of hydrogen-bond donors (Lipinski definition) is 1. The van der Waals surface area contributed by atoms with E-state index in [2.05, 4.69) is 10.3 Å². The third-order valence-corrected chi connectivity index (χ3v) is 4.61. The minimum atomic E-state index is -0.184. The number of amides is 1. The van der Waals surface area contributed by atoms with Gasteiger partial charge in [0.1, 0.15) is 24.7 Å². The number of benzene rings is 3. The van der Waals surface area contributed by atoms with Crippen LogP contribution >= 0.6 is 0 Å². The van der Waals surface area contributed by atoms with Crippen molar-refractivity contribution in [2.45, 2.75) is 13.2 Å². The van der Waals surface area contributed by atoms with Crippen LogP contribution in [0.15, 0.2) is 103 Å². The first-order valence-corrected chi connectivity index (χ1v) is 9.96. The second kappa shape index (κ2) is 10.1. The van der Waals surface area contributed by atoms with Crippen LogP contribution in [0, 0.1) is 0 Å². The smallest absolute Gasteiger partial charge is 0.255 e. The molecule has 0 radical (unpaired) electrons. The minimum absolute atomic E-state index is 0.184. The maximum absolute atomic E-state index is 12.5. The van der Waals surface area contributed by atoms with Gasteiger partial charge >= 0.3 is 0 Å². The van der Waals surface area contributed by atoms with Gasteiger partial charge in [-0.15, -0.1) is 0 Å². The first-order valence-electron chi connectivity index (χ1n) is 9.96. The Morgan fingerprint density at radius 3 is 1.97 bits per heavy atom. The molecule has 1 aromatic heterocycles. The van der Waals surface area contributed by atoms with Crippen molar-refractivity contribution in [3.63, 3.8) is 0 Å². The zero-order chi connectivity index (χ0) is 21.3. The molecule has 4 aromatic rings. The molecule has 3 aromatic carbocycles. The Balaban J connectivity index is 1.28. The molecule has 0 spiro atoms. The van der Waals surface area contributed by atoms with Crippen molar-refractivity contribution in [1.29, 1.82) is 0 Å². The van der Waals surface area contributed by atoms with E-state index in [0.29, 0.717) is 30.2 Å². The molecule has 0 aliphatic carbocycles. The largest absolute Gasteiger partial charge is 0.489 e. The molecule has 0 unspecified atom stereocenters. The molecule has 1 heterocycles. The number of hydrogen-bond acceptors (Lipinski definition) is 4. The van der Waals surface area contributed by atoms with E-state index >= 15 is 0 Å². The fourth-order valence-electron chi connectivity index (χ4n) is 2.93. The highest BCUT2D eigenvalue weighted by molar-refractivity contribution is 6.04. The summed E-state index contributed by atoms with van der Waals surface area (Å²) in [6.07, 6.45) is 3.49. The van der Waals surface area contributed by atoms with Gasteiger partial charge in [-0.3, -0.25) is 9.78 Å². The molecule has 154 valence electrons. The summed E-state index contributed by atoms with van der Waals surface area (Å²) in [5.41, 5.74) is 3.35. The van der Waals surface area contributed by atoms with Gasteiger partial charge in [0.15, 0.2) is 0 Å². The van der Waals surface area contributed by atoms with Crippen LogP contribution < -0.4 is 14.8 Å². The molecule has 0 aliphatic rings. The van der Waals surface area contributed by atoms with Gasteiger partial charge in [0, 0.05) is 29.2 Å². The van der Waals surface area contributed by atoms with E-state index in [0.717, 1.165) is 16.9 Å². The van der Waals surface area contributed by atoms with Crippen LogP contribution in [-0.2, 0) is 13.2 Å². The van der Waals surface area contributed by atoms with Crippen molar-refractivity contribution in [3.8, 4) is 11.5 Å². The van der Waals surface area contributed by atoms with E-state index < -0.39 is 0 Å². The van der Waals surface area contributed by atoms with Gasteiger partial charge in [0.05, 0.1) is 0 Å². The molecular weight excluding hydrogens is 388 g/mol. The van der Waals surface area contributed by atoms with Gasteiger partial charge < -0.3 is 14.8 Å². The Morgan fingerprint density at radius 1 is 0.710 bits per heavy atom. The van der Waals surface area contributed by atoms with E-state index in [1.165, 1.54) is 0 Å². The Morgan fingerprint density at radius 2 is 1.32 bits per heavy atom. The number of rotatable bonds is 8. The predicted molar refractivity (Wildman–Crippen MR) is 120 cm³/mol. The summed E-state index contributed by atoms with van der Waals surface area (Å²) in [6, 6.07) is 28.2. The van der Waals surface area contributed by atoms with Crippen molar-refractivity contribution in [2.75, 3.05) is 5.32 Å². The lowest BCUT2D eigenvalue weighted by Gasteiger charge is -2.09. The number of aromatic nitrogens is 1. The Kier molecular flexibility index (Phi) is 6.55. The SMILES string of the molecule is O=C(Nc1ccc(OCc2ccccc2)cc1)c1ccc(OCc2cccnc2)cc1. The average Bonchev–Trinajstić information content (AvgIpc) is 2.84. The lowest BCUT2D eigenvalue weighted by Crippen LogP contribution is -2.11. The van der Waals surface area contributed by atoms with E-state index in [4.69, 9.17) is 9.47 Å². The Labute approximate surface area is 181 Å². The summed E-state index contributed by atoms with van der Waals surface area (Å²) in [5, 5.41) is 2.89. The van der Waals surface area contributed by atoms with Crippen molar-refractivity contribution < 1.29 is 14.3 Å². The Bertz CT molecular complexity index is 1100. The molecule has 4 rings (SSSR count). The topological polar surface area (TPSA) is 60.5 Å². The van der Waals surface area contributed by atoms with Crippen LogP contribution in [0.3, 0.4) is 0 Å². The van der Waals surface area contributed by atoms with Crippen molar-refractivity contribution in [2.24, 2.45) is 0 Å². The lowest BCUT2D eigenvalue weighted by molar-refractivity contribution is 0.102. The molecule has 0 saturated carbocycles. The average molecular weight is 410 g/mol. The molecule has 0 saturated heterocycles. The van der Waals surface area contributed by atoms with Gasteiger partial charge in [0.2, 0.25) is 0 Å². The number of carbonyl (C=O) groups is 1. The first-order chi connectivity index (χ1) is 15.3. The lowest BCUT2D eigenvalue weighted by atomic mass is 10.2. The van der Waals surface area contributed by atoms with Crippen LogP contribution in [-0.4, -0.2) is 10.9 Å². The maximum atomic E-state index is 12.5. The van der Waals surface area contributed by atoms with Gasteiger partial charge in [-0.05, 0) is 60.2 Å². The number of nitrogens with one attached hydrogen (secondary N) is 1. The Hall–Kier alpha value is -4.12. The summed E-state index contributed by atoms with van der Waals surface area (Å²) < 4.78 is 11.5. The van der Waals surface area contributed by atoms with Crippen LogP contribution in [0.4, 0.5) is 5.69 Å². The fraction of sp³-hybridized carbons (Fsp3) is 0.0769. The van der Waals surface area contributed by atoms with E-state index in [9.17, 15) is 4.79 Å².